The molecule has 0 spiro atoms. The van der Waals surface area contributed by atoms with E-state index in [0.29, 0.717) is 0 Å². The SMILES string of the molecule is CCCCCCCCCCCCP(Oc1ccccc1)Oc1ccccc1. The lowest BCUT2D eigenvalue weighted by Gasteiger charge is -2.18. The molecule has 0 saturated carbocycles. The fourth-order valence-corrected chi connectivity index (χ4v) is 4.45. The van der Waals surface area contributed by atoms with Gasteiger partial charge in [-0.3, -0.25) is 0 Å². The molecule has 0 amide bonds. The summed E-state index contributed by atoms with van der Waals surface area (Å²) in [4.78, 5) is 0. The second-order valence-electron chi connectivity index (χ2n) is 7.05. The quantitative estimate of drug-likeness (QED) is 0.226. The normalized spacial score (nSPS) is 10.9. The zero-order chi connectivity index (χ0) is 19.0. The molecule has 0 saturated heterocycles. The topological polar surface area (TPSA) is 18.5 Å². The Hall–Kier alpha value is -1.53. The summed E-state index contributed by atoms with van der Waals surface area (Å²) in [5.74, 6) is 1.79. The summed E-state index contributed by atoms with van der Waals surface area (Å²) in [6.45, 7) is 2.28. The lowest BCUT2D eigenvalue weighted by atomic mass is 10.1. The highest BCUT2D eigenvalue weighted by Crippen LogP contribution is 2.41. The summed E-state index contributed by atoms with van der Waals surface area (Å²) < 4.78 is 12.3. The Balaban J connectivity index is 1.66. The van der Waals surface area contributed by atoms with E-state index in [0.717, 1.165) is 17.7 Å². The van der Waals surface area contributed by atoms with Gasteiger partial charge in [-0.15, -0.1) is 0 Å². The van der Waals surface area contributed by atoms with Crippen molar-refractivity contribution in [3.63, 3.8) is 0 Å². The van der Waals surface area contributed by atoms with Gasteiger partial charge in [-0.1, -0.05) is 101 Å². The van der Waals surface area contributed by atoms with E-state index < -0.39 is 8.38 Å². The molecule has 0 aliphatic heterocycles. The van der Waals surface area contributed by atoms with Gasteiger partial charge in [-0.25, -0.2) is 0 Å². The molecular formula is C24H35O2P. The van der Waals surface area contributed by atoms with Crippen LogP contribution in [0.25, 0.3) is 0 Å². The van der Waals surface area contributed by atoms with Gasteiger partial charge in [0, 0.05) is 6.16 Å². The molecule has 3 heteroatoms. The number of hydrogen-bond acceptors (Lipinski definition) is 2. The summed E-state index contributed by atoms with van der Waals surface area (Å²) in [6, 6.07) is 20.1. The molecule has 27 heavy (non-hydrogen) atoms. The zero-order valence-electron chi connectivity index (χ0n) is 16.8. The number of unbranched alkanes of at least 4 members (excludes halogenated alkanes) is 9. The molecule has 0 heterocycles. The van der Waals surface area contributed by atoms with Gasteiger partial charge in [0.05, 0.1) is 0 Å². The van der Waals surface area contributed by atoms with Crippen LogP contribution in [0.5, 0.6) is 11.5 Å². The summed E-state index contributed by atoms with van der Waals surface area (Å²) in [6.07, 6.45) is 14.5. The van der Waals surface area contributed by atoms with Crippen LogP contribution in [0.15, 0.2) is 60.7 Å². The Kier molecular flexibility index (Phi) is 11.7. The van der Waals surface area contributed by atoms with E-state index in [9.17, 15) is 0 Å². The van der Waals surface area contributed by atoms with Gasteiger partial charge in [0.1, 0.15) is 11.5 Å². The van der Waals surface area contributed by atoms with Crippen LogP contribution in [0.2, 0.25) is 0 Å². The van der Waals surface area contributed by atoms with Gasteiger partial charge in [0.2, 0.25) is 0 Å². The summed E-state index contributed by atoms with van der Waals surface area (Å²) in [7, 11) is -0.948. The Morgan fingerprint density at radius 2 is 0.963 bits per heavy atom. The van der Waals surface area contributed by atoms with Crippen LogP contribution < -0.4 is 9.05 Å². The predicted molar refractivity (Wildman–Crippen MR) is 118 cm³/mol. The first-order chi connectivity index (χ1) is 13.4. The third-order valence-corrected chi connectivity index (χ3v) is 6.11. The molecule has 0 aliphatic rings. The summed E-state index contributed by atoms with van der Waals surface area (Å²) >= 11 is 0. The Labute approximate surface area is 167 Å². The number of para-hydroxylation sites is 2. The lowest BCUT2D eigenvalue weighted by Crippen LogP contribution is -2.00. The van der Waals surface area contributed by atoms with Gasteiger partial charge in [-0.2, -0.15) is 0 Å². The Morgan fingerprint density at radius 3 is 1.41 bits per heavy atom. The van der Waals surface area contributed by atoms with Crippen molar-refractivity contribution >= 4 is 8.38 Å². The fourth-order valence-electron chi connectivity index (χ4n) is 3.04. The van der Waals surface area contributed by atoms with Gasteiger partial charge in [0.15, 0.2) is 0 Å². The molecule has 148 valence electrons. The smallest absolute Gasteiger partial charge is 0.290 e. The first kappa shape index (κ1) is 21.8. The van der Waals surface area contributed by atoms with E-state index >= 15 is 0 Å². The van der Waals surface area contributed by atoms with Crippen LogP contribution in [-0.2, 0) is 0 Å². The van der Waals surface area contributed by atoms with Crippen LogP contribution in [0.1, 0.15) is 71.1 Å². The van der Waals surface area contributed by atoms with Crippen LogP contribution in [0, 0.1) is 0 Å². The van der Waals surface area contributed by atoms with E-state index in [4.69, 9.17) is 9.05 Å². The monoisotopic (exact) mass is 386 g/mol. The molecule has 2 rings (SSSR count). The van der Waals surface area contributed by atoms with Crippen LogP contribution in [0.4, 0.5) is 0 Å². The third-order valence-electron chi connectivity index (χ3n) is 4.60. The minimum Gasteiger partial charge on any atom is -0.439 e. The molecule has 0 atom stereocenters. The van der Waals surface area contributed by atoms with Crippen molar-refractivity contribution in [1.29, 1.82) is 0 Å². The second kappa shape index (κ2) is 14.5. The molecule has 0 radical (unpaired) electrons. The maximum atomic E-state index is 6.14. The van der Waals surface area contributed by atoms with Crippen LogP contribution in [0.3, 0.4) is 0 Å². The average molecular weight is 387 g/mol. The maximum absolute atomic E-state index is 6.14. The minimum atomic E-state index is -0.948. The lowest BCUT2D eigenvalue weighted by molar-refractivity contribution is 0.484. The highest BCUT2D eigenvalue weighted by Gasteiger charge is 2.14. The molecular weight excluding hydrogens is 351 g/mol. The van der Waals surface area contributed by atoms with E-state index in [-0.39, 0.29) is 0 Å². The highest BCUT2D eigenvalue weighted by molar-refractivity contribution is 7.48. The van der Waals surface area contributed by atoms with Crippen molar-refractivity contribution in [2.24, 2.45) is 0 Å². The molecule has 0 aromatic heterocycles. The van der Waals surface area contributed by atoms with Crippen molar-refractivity contribution in [2.75, 3.05) is 6.16 Å². The molecule has 0 fully saturated rings. The van der Waals surface area contributed by atoms with Gasteiger partial charge < -0.3 is 9.05 Å². The van der Waals surface area contributed by atoms with Crippen molar-refractivity contribution in [3.8, 4) is 11.5 Å². The van der Waals surface area contributed by atoms with E-state index in [1.165, 1.54) is 64.2 Å². The number of hydrogen-bond donors (Lipinski definition) is 0. The highest BCUT2D eigenvalue weighted by atomic mass is 31.2. The molecule has 0 unspecified atom stereocenters. The molecule has 2 aromatic rings. The van der Waals surface area contributed by atoms with Crippen molar-refractivity contribution < 1.29 is 9.05 Å². The predicted octanol–water partition coefficient (Wildman–Crippen LogP) is 8.38. The van der Waals surface area contributed by atoms with Crippen molar-refractivity contribution in [3.05, 3.63) is 60.7 Å². The van der Waals surface area contributed by atoms with Gasteiger partial charge in [0.25, 0.3) is 8.38 Å². The standard InChI is InChI=1S/C24H35O2P/c1-2-3-4-5-6-7-8-9-10-17-22-27(25-23-18-13-11-14-19-23)26-24-20-15-12-16-21-24/h11-16,18-21H,2-10,17,22H2,1H3. The number of benzene rings is 2. The van der Waals surface area contributed by atoms with E-state index in [1.54, 1.807) is 0 Å². The van der Waals surface area contributed by atoms with Gasteiger partial charge in [-0.05, 0) is 30.7 Å². The van der Waals surface area contributed by atoms with Crippen LogP contribution in [-0.4, -0.2) is 6.16 Å². The first-order valence-corrected chi connectivity index (χ1v) is 12.0. The molecule has 0 N–H and O–H groups in total. The molecule has 0 aliphatic carbocycles. The maximum Gasteiger partial charge on any atom is 0.290 e. The Bertz CT molecular complexity index is 532. The molecule has 0 bridgehead atoms. The summed E-state index contributed by atoms with van der Waals surface area (Å²) in [5, 5.41) is 0. The van der Waals surface area contributed by atoms with Gasteiger partial charge >= 0.3 is 0 Å². The average Bonchev–Trinajstić information content (AvgIpc) is 2.71. The fraction of sp³-hybridized carbons (Fsp3) is 0.500. The third kappa shape index (κ3) is 10.4. The first-order valence-electron chi connectivity index (χ1n) is 10.6. The second-order valence-corrected chi connectivity index (χ2v) is 8.52. The molecule has 2 aromatic carbocycles. The van der Waals surface area contributed by atoms with Crippen molar-refractivity contribution in [2.45, 2.75) is 71.1 Å². The minimum absolute atomic E-state index is 0.895. The Morgan fingerprint density at radius 1 is 0.556 bits per heavy atom. The zero-order valence-corrected chi connectivity index (χ0v) is 17.7. The van der Waals surface area contributed by atoms with Crippen molar-refractivity contribution in [1.82, 2.24) is 0 Å². The largest absolute Gasteiger partial charge is 0.439 e. The van der Waals surface area contributed by atoms with E-state index in [1.807, 2.05) is 60.7 Å². The van der Waals surface area contributed by atoms with Crippen LogP contribution >= 0.6 is 8.38 Å². The molecule has 2 nitrogen and oxygen atoms in total. The summed E-state index contributed by atoms with van der Waals surface area (Å²) in [5.41, 5.74) is 0. The number of rotatable bonds is 15. The van der Waals surface area contributed by atoms with E-state index in [2.05, 4.69) is 6.92 Å².